The largest absolute Gasteiger partial charge is 1.00 e. The van der Waals surface area contributed by atoms with Gasteiger partial charge in [0.05, 0.1) is 11.0 Å². The fraction of sp³-hybridized carbons (Fsp3) is 0.100. The minimum atomic E-state index is 0. The Hall–Kier alpha value is -0.970. The Morgan fingerprint density at radius 1 is 1.40 bits per heavy atom. The second kappa shape index (κ2) is 6.50. The maximum atomic E-state index is 4.41. The van der Waals surface area contributed by atoms with Crippen LogP contribution in [0.25, 0.3) is 11.0 Å². The molecule has 2 aromatic rings. The minimum Gasteiger partial charge on any atom is -1.00 e. The molecule has 3 nitrogen and oxygen atoms in total. The summed E-state index contributed by atoms with van der Waals surface area (Å²) in [5, 5.41) is 0.959. The van der Waals surface area contributed by atoms with Gasteiger partial charge in [0.25, 0.3) is 0 Å². The second-order valence-electron chi connectivity index (χ2n) is 2.66. The van der Waals surface area contributed by atoms with Crippen LogP contribution in [-0.4, -0.2) is 21.2 Å². The maximum absolute atomic E-state index is 4.41. The highest BCUT2D eigenvalue weighted by atomic mass is 35.5. The highest BCUT2D eigenvalue weighted by Crippen LogP contribution is 2.18. The summed E-state index contributed by atoms with van der Waals surface area (Å²) in [5.74, 6) is 0.889. The van der Waals surface area contributed by atoms with Crippen molar-refractivity contribution in [3.05, 3.63) is 36.9 Å². The monoisotopic (exact) mass is 243 g/mol. The van der Waals surface area contributed by atoms with E-state index in [9.17, 15) is 0 Å². The lowest BCUT2D eigenvalue weighted by Crippen LogP contribution is -3.00. The molecular weight excluding hydrogens is 232 g/mol. The molecule has 1 aromatic carbocycles. The molecule has 5 heteroatoms. The first-order chi connectivity index (χ1) is 6.40. The van der Waals surface area contributed by atoms with E-state index < -0.39 is 0 Å². The predicted octanol–water partition coefficient (Wildman–Crippen LogP) is -0.980. The van der Waals surface area contributed by atoms with Crippen LogP contribution in [0.4, 0.5) is 0 Å². The van der Waals surface area contributed by atoms with E-state index >= 15 is 0 Å². The highest BCUT2D eigenvalue weighted by Gasteiger charge is 1.99. The summed E-state index contributed by atoms with van der Waals surface area (Å²) in [6.45, 7) is 3.67. The standard InChI is InChI=1S/C10H10N2S.ClH.H2O/c1-2-7-13-10-11-8-5-3-4-6-9(8)12-10;;/h2-6H,1,7H2,(H,11,12);1H;1H2/p-1. The molecule has 0 spiro atoms. The number of para-hydroxylation sites is 2. The van der Waals surface area contributed by atoms with E-state index in [0.717, 1.165) is 21.9 Å². The number of aromatic amines is 1. The minimum absolute atomic E-state index is 0. The molecule has 3 N–H and O–H groups in total. The summed E-state index contributed by atoms with van der Waals surface area (Å²) in [5.41, 5.74) is 2.11. The summed E-state index contributed by atoms with van der Waals surface area (Å²) >= 11 is 1.66. The molecule has 0 fully saturated rings. The Balaban J connectivity index is 0.000000980. The van der Waals surface area contributed by atoms with E-state index in [1.54, 1.807) is 11.8 Å². The number of aromatic nitrogens is 2. The van der Waals surface area contributed by atoms with E-state index in [4.69, 9.17) is 0 Å². The topological polar surface area (TPSA) is 60.2 Å². The van der Waals surface area contributed by atoms with Crippen LogP contribution in [-0.2, 0) is 0 Å². The summed E-state index contributed by atoms with van der Waals surface area (Å²) in [6.07, 6.45) is 1.87. The van der Waals surface area contributed by atoms with Gasteiger partial charge in [0.1, 0.15) is 0 Å². The molecule has 82 valence electrons. The lowest BCUT2D eigenvalue weighted by molar-refractivity contribution is -0.00000387. The van der Waals surface area contributed by atoms with Crippen molar-refractivity contribution in [3.8, 4) is 0 Å². The van der Waals surface area contributed by atoms with Gasteiger partial charge in [0, 0.05) is 5.75 Å². The number of hydrogen-bond donors (Lipinski definition) is 1. The van der Waals surface area contributed by atoms with Gasteiger partial charge in [-0.25, -0.2) is 4.98 Å². The van der Waals surface area contributed by atoms with Crippen LogP contribution in [0.15, 0.2) is 42.1 Å². The molecule has 0 bridgehead atoms. The van der Waals surface area contributed by atoms with E-state index in [1.165, 1.54) is 0 Å². The average Bonchev–Trinajstić information content (AvgIpc) is 2.57. The predicted molar refractivity (Wildman–Crippen MR) is 60.6 cm³/mol. The van der Waals surface area contributed by atoms with Crippen LogP contribution in [0.3, 0.4) is 0 Å². The normalized spacial score (nSPS) is 9.07. The number of thioether (sulfide) groups is 1. The van der Waals surface area contributed by atoms with Crippen molar-refractivity contribution in [2.24, 2.45) is 0 Å². The summed E-state index contributed by atoms with van der Waals surface area (Å²) in [6, 6.07) is 8.03. The Morgan fingerprint density at radius 3 is 2.80 bits per heavy atom. The van der Waals surface area contributed by atoms with Crippen molar-refractivity contribution in [1.29, 1.82) is 0 Å². The van der Waals surface area contributed by atoms with E-state index in [-0.39, 0.29) is 17.9 Å². The van der Waals surface area contributed by atoms with Gasteiger partial charge in [-0.2, -0.15) is 0 Å². The van der Waals surface area contributed by atoms with Gasteiger partial charge in [0.15, 0.2) is 5.16 Å². The van der Waals surface area contributed by atoms with Gasteiger partial charge in [-0.05, 0) is 12.1 Å². The van der Waals surface area contributed by atoms with Crippen LogP contribution in [0.2, 0.25) is 0 Å². The number of rotatable bonds is 3. The molecule has 0 saturated carbocycles. The number of fused-ring (bicyclic) bond motifs is 1. The lowest BCUT2D eigenvalue weighted by Gasteiger charge is -1.87. The number of hydrogen-bond acceptors (Lipinski definition) is 2. The molecule has 1 heterocycles. The summed E-state index contributed by atoms with van der Waals surface area (Å²) in [4.78, 5) is 7.64. The molecule has 0 aliphatic rings. The third-order valence-electron chi connectivity index (χ3n) is 1.71. The highest BCUT2D eigenvalue weighted by molar-refractivity contribution is 7.99. The fourth-order valence-corrected chi connectivity index (χ4v) is 1.76. The number of H-pyrrole nitrogens is 1. The van der Waals surface area contributed by atoms with Crippen LogP contribution < -0.4 is 12.4 Å². The number of halogens is 1. The van der Waals surface area contributed by atoms with Crippen molar-refractivity contribution in [3.63, 3.8) is 0 Å². The zero-order valence-corrected chi connectivity index (χ0v) is 9.61. The Morgan fingerprint density at radius 2 is 2.13 bits per heavy atom. The summed E-state index contributed by atoms with van der Waals surface area (Å²) < 4.78 is 0. The van der Waals surface area contributed by atoms with Crippen molar-refractivity contribution in [2.75, 3.05) is 5.75 Å². The van der Waals surface area contributed by atoms with Gasteiger partial charge < -0.3 is 22.9 Å². The number of imidazole rings is 1. The molecule has 0 amide bonds. The molecule has 0 aliphatic heterocycles. The molecule has 0 unspecified atom stereocenters. The summed E-state index contributed by atoms with van der Waals surface area (Å²) in [7, 11) is 0. The first-order valence-corrected chi connectivity index (χ1v) is 5.07. The molecule has 1 aromatic heterocycles. The van der Waals surface area contributed by atoms with Crippen molar-refractivity contribution < 1.29 is 17.9 Å². The Labute approximate surface area is 98.7 Å². The van der Waals surface area contributed by atoms with E-state index in [1.807, 2.05) is 30.3 Å². The van der Waals surface area contributed by atoms with Crippen LogP contribution >= 0.6 is 11.8 Å². The third-order valence-corrected chi connectivity index (χ3v) is 2.57. The van der Waals surface area contributed by atoms with Gasteiger partial charge in [-0.15, -0.1) is 6.58 Å². The molecule has 0 radical (unpaired) electrons. The van der Waals surface area contributed by atoms with Crippen molar-refractivity contribution in [2.45, 2.75) is 5.16 Å². The Kier molecular flexibility index (Phi) is 6.08. The zero-order valence-electron chi connectivity index (χ0n) is 8.03. The van der Waals surface area contributed by atoms with Crippen molar-refractivity contribution >= 4 is 22.8 Å². The molecule has 0 aliphatic carbocycles. The van der Waals surface area contributed by atoms with Gasteiger partial charge >= 0.3 is 0 Å². The van der Waals surface area contributed by atoms with Crippen LogP contribution in [0, 0.1) is 0 Å². The molecular formula is C10H12ClN2OS-. The van der Waals surface area contributed by atoms with E-state index in [0.29, 0.717) is 0 Å². The van der Waals surface area contributed by atoms with Crippen molar-refractivity contribution in [1.82, 2.24) is 9.97 Å². The molecule has 2 rings (SSSR count). The number of nitrogens with one attached hydrogen (secondary N) is 1. The second-order valence-corrected chi connectivity index (χ2v) is 3.67. The molecule has 0 saturated heterocycles. The van der Waals surface area contributed by atoms with Gasteiger partial charge in [-0.3, -0.25) is 0 Å². The van der Waals surface area contributed by atoms with Crippen LogP contribution in [0.1, 0.15) is 0 Å². The van der Waals surface area contributed by atoms with Gasteiger partial charge in [0.2, 0.25) is 0 Å². The van der Waals surface area contributed by atoms with E-state index in [2.05, 4.69) is 16.5 Å². The Bertz CT molecular complexity index is 397. The quantitative estimate of drug-likeness (QED) is 0.557. The lowest BCUT2D eigenvalue weighted by atomic mass is 10.3. The van der Waals surface area contributed by atoms with Crippen LogP contribution in [0.5, 0.6) is 0 Å². The first kappa shape index (κ1) is 14.0. The SMILES string of the molecule is C=CCSc1nc2ccccc2[nH]1.O.[Cl-]. The zero-order chi connectivity index (χ0) is 9.10. The fourth-order valence-electron chi connectivity index (χ4n) is 1.14. The van der Waals surface area contributed by atoms with Gasteiger partial charge in [-0.1, -0.05) is 30.0 Å². The maximum Gasteiger partial charge on any atom is 0.166 e. The average molecular weight is 244 g/mol. The number of benzene rings is 1. The number of nitrogens with zero attached hydrogens (tertiary/aromatic N) is 1. The molecule has 0 atom stereocenters. The third kappa shape index (κ3) is 3.27. The molecule has 15 heavy (non-hydrogen) atoms. The smallest absolute Gasteiger partial charge is 0.166 e. The first-order valence-electron chi connectivity index (χ1n) is 4.08.